The first kappa shape index (κ1) is 25.0. The molecule has 0 atom stereocenters. The minimum Gasteiger partial charge on any atom is -0.326 e. The number of sulfonamides is 1. The summed E-state index contributed by atoms with van der Waals surface area (Å²) in [6, 6.07) is 20.9. The largest absolute Gasteiger partial charge is 0.326 e. The van der Waals surface area contributed by atoms with Gasteiger partial charge < -0.3 is 5.32 Å². The van der Waals surface area contributed by atoms with E-state index in [1.807, 2.05) is 48.7 Å². The van der Waals surface area contributed by atoms with Crippen molar-refractivity contribution < 1.29 is 13.2 Å². The van der Waals surface area contributed by atoms with Crippen LogP contribution in [0.25, 0.3) is 20.8 Å². The molecule has 1 saturated heterocycles. The van der Waals surface area contributed by atoms with E-state index in [0.29, 0.717) is 30.8 Å². The number of fused-ring (bicyclic) bond motifs is 1. The van der Waals surface area contributed by atoms with Crippen LogP contribution in [0.15, 0.2) is 76.5 Å². The summed E-state index contributed by atoms with van der Waals surface area (Å²) in [5.74, 6) is -0.290. The summed E-state index contributed by atoms with van der Waals surface area (Å²) in [7, 11) is -3.55. The lowest BCUT2D eigenvalue weighted by Gasteiger charge is -2.30. The Morgan fingerprint density at radius 2 is 1.72 bits per heavy atom. The van der Waals surface area contributed by atoms with Crippen LogP contribution in [-0.2, 0) is 14.8 Å². The maximum atomic E-state index is 13.0. The van der Waals surface area contributed by atoms with Gasteiger partial charge in [0.05, 0.1) is 15.1 Å². The molecule has 1 N–H and O–H groups in total. The van der Waals surface area contributed by atoms with E-state index in [2.05, 4.69) is 24.4 Å². The Bertz CT molecular complexity index is 1490. The van der Waals surface area contributed by atoms with Crippen LogP contribution < -0.4 is 5.32 Å². The molecule has 36 heavy (non-hydrogen) atoms. The lowest BCUT2D eigenvalue weighted by molar-refractivity contribution is -0.120. The Hall–Kier alpha value is -2.72. The zero-order valence-corrected chi connectivity index (χ0v) is 22.6. The van der Waals surface area contributed by atoms with Crippen molar-refractivity contribution in [1.29, 1.82) is 0 Å². The molecule has 4 aromatic rings. The third kappa shape index (κ3) is 5.20. The first-order chi connectivity index (χ1) is 17.3. The van der Waals surface area contributed by atoms with Crippen molar-refractivity contribution in [1.82, 2.24) is 9.29 Å². The molecule has 0 unspecified atom stereocenters. The van der Waals surface area contributed by atoms with Gasteiger partial charge in [0.25, 0.3) is 0 Å². The fourth-order valence-electron chi connectivity index (χ4n) is 4.35. The van der Waals surface area contributed by atoms with Crippen LogP contribution in [0.4, 0.5) is 5.69 Å². The third-order valence-corrected chi connectivity index (χ3v) is 10.2. The van der Waals surface area contributed by atoms with E-state index in [9.17, 15) is 13.2 Å². The van der Waals surface area contributed by atoms with Crippen LogP contribution in [0, 0.1) is 12.8 Å². The Kier molecular flexibility index (Phi) is 7.16. The van der Waals surface area contributed by atoms with E-state index in [1.165, 1.54) is 9.87 Å². The molecular formula is C27H27N3O3S3. The first-order valence-electron chi connectivity index (χ1n) is 11.8. The summed E-state index contributed by atoms with van der Waals surface area (Å²) < 4.78 is 28.6. The van der Waals surface area contributed by atoms with Crippen LogP contribution >= 0.6 is 23.1 Å². The number of rotatable bonds is 6. The maximum absolute atomic E-state index is 13.0. The van der Waals surface area contributed by atoms with Gasteiger partial charge >= 0.3 is 0 Å². The van der Waals surface area contributed by atoms with Crippen LogP contribution in [0.1, 0.15) is 18.4 Å². The molecule has 6 nitrogen and oxygen atoms in total. The van der Waals surface area contributed by atoms with Crippen molar-refractivity contribution in [3.63, 3.8) is 0 Å². The molecule has 3 aromatic carbocycles. The number of anilines is 1. The molecule has 186 valence electrons. The molecule has 1 amide bonds. The van der Waals surface area contributed by atoms with E-state index in [-0.39, 0.29) is 11.8 Å². The van der Waals surface area contributed by atoms with Gasteiger partial charge in [-0.25, -0.2) is 13.4 Å². The monoisotopic (exact) mass is 537 g/mol. The Balaban J connectivity index is 1.19. The summed E-state index contributed by atoms with van der Waals surface area (Å²) in [5, 5.41) is 3.95. The highest BCUT2D eigenvalue weighted by Crippen LogP contribution is 2.32. The lowest BCUT2D eigenvalue weighted by atomic mass is 9.97. The van der Waals surface area contributed by atoms with Crippen molar-refractivity contribution in [2.24, 2.45) is 5.92 Å². The van der Waals surface area contributed by atoms with Gasteiger partial charge in [-0.05, 0) is 92.2 Å². The van der Waals surface area contributed by atoms with E-state index >= 15 is 0 Å². The van der Waals surface area contributed by atoms with Crippen molar-refractivity contribution >= 4 is 54.9 Å². The minimum atomic E-state index is -3.55. The molecule has 0 spiro atoms. The van der Waals surface area contributed by atoms with Crippen molar-refractivity contribution in [2.45, 2.75) is 29.6 Å². The number of nitrogens with one attached hydrogen (secondary N) is 1. The molecular weight excluding hydrogens is 511 g/mol. The zero-order chi connectivity index (χ0) is 25.3. The summed E-state index contributed by atoms with van der Waals surface area (Å²) in [6.45, 7) is 2.74. The average Bonchev–Trinajstić information content (AvgIpc) is 3.32. The predicted octanol–water partition coefficient (Wildman–Crippen LogP) is 6.03. The van der Waals surface area contributed by atoms with Gasteiger partial charge in [-0.3, -0.25) is 4.79 Å². The summed E-state index contributed by atoms with van der Waals surface area (Å²) in [4.78, 5) is 18.9. The van der Waals surface area contributed by atoms with Crippen molar-refractivity contribution in [3.05, 3.63) is 72.3 Å². The predicted molar refractivity (Wildman–Crippen MR) is 148 cm³/mol. The molecule has 2 heterocycles. The van der Waals surface area contributed by atoms with E-state index in [0.717, 1.165) is 31.4 Å². The van der Waals surface area contributed by atoms with Gasteiger partial charge in [0.1, 0.15) is 5.01 Å². The van der Waals surface area contributed by atoms with Crippen LogP contribution in [-0.4, -0.2) is 43.0 Å². The number of benzene rings is 3. The number of carbonyl (C=O) groups is 1. The highest BCUT2D eigenvalue weighted by molar-refractivity contribution is 7.98. The molecule has 1 aliphatic heterocycles. The normalized spacial score (nSPS) is 15.3. The topological polar surface area (TPSA) is 79.4 Å². The van der Waals surface area contributed by atoms with Gasteiger partial charge in [0.15, 0.2) is 0 Å². The maximum Gasteiger partial charge on any atom is 0.243 e. The second-order valence-corrected chi connectivity index (χ2v) is 12.8. The number of carbonyl (C=O) groups excluding carboxylic acids is 1. The van der Waals surface area contributed by atoms with Gasteiger partial charge in [-0.1, -0.05) is 6.07 Å². The SMILES string of the molecule is CSc1ccc(S(=O)(=O)N2CCC(C(=O)Nc3ccc(-c4nc5ccc(C)cc5s4)cc3)CC2)cc1. The Labute approximate surface area is 219 Å². The second-order valence-electron chi connectivity index (χ2n) is 8.91. The summed E-state index contributed by atoms with van der Waals surface area (Å²) >= 11 is 3.23. The molecule has 1 fully saturated rings. The second kappa shape index (κ2) is 10.3. The molecule has 1 aromatic heterocycles. The highest BCUT2D eigenvalue weighted by Gasteiger charge is 2.32. The smallest absolute Gasteiger partial charge is 0.243 e. The van der Waals surface area contributed by atoms with Crippen LogP contribution in [0.3, 0.4) is 0 Å². The number of hydrogen-bond acceptors (Lipinski definition) is 6. The quantitative estimate of drug-likeness (QED) is 0.304. The van der Waals surface area contributed by atoms with Crippen LogP contribution in [0.2, 0.25) is 0 Å². The number of aromatic nitrogens is 1. The van der Waals surface area contributed by atoms with Gasteiger partial charge in [0.2, 0.25) is 15.9 Å². The number of hydrogen-bond donors (Lipinski definition) is 1. The number of thiazole rings is 1. The summed E-state index contributed by atoms with van der Waals surface area (Å²) in [6.07, 6.45) is 2.95. The molecule has 9 heteroatoms. The number of aryl methyl sites for hydroxylation is 1. The number of thioether (sulfide) groups is 1. The lowest BCUT2D eigenvalue weighted by Crippen LogP contribution is -2.41. The third-order valence-electron chi connectivity index (χ3n) is 6.47. The molecule has 0 aliphatic carbocycles. The average molecular weight is 538 g/mol. The molecule has 5 rings (SSSR count). The Morgan fingerprint density at radius 1 is 1.03 bits per heavy atom. The van der Waals surface area contributed by atoms with Gasteiger partial charge in [-0.2, -0.15) is 4.31 Å². The molecule has 0 saturated carbocycles. The zero-order valence-electron chi connectivity index (χ0n) is 20.1. The van der Waals surface area contributed by atoms with Gasteiger partial charge in [0, 0.05) is 35.2 Å². The molecule has 1 aliphatic rings. The minimum absolute atomic E-state index is 0.0698. The number of piperidine rings is 1. The van der Waals surface area contributed by atoms with E-state index in [1.54, 1.807) is 35.2 Å². The van der Waals surface area contributed by atoms with Gasteiger partial charge in [-0.15, -0.1) is 23.1 Å². The fourth-order valence-corrected chi connectivity index (χ4v) is 7.30. The first-order valence-corrected chi connectivity index (χ1v) is 15.2. The molecule has 0 bridgehead atoms. The molecule has 0 radical (unpaired) electrons. The highest BCUT2D eigenvalue weighted by atomic mass is 32.2. The number of nitrogens with zero attached hydrogens (tertiary/aromatic N) is 2. The fraction of sp³-hybridized carbons (Fsp3) is 0.259. The van der Waals surface area contributed by atoms with Crippen molar-refractivity contribution in [3.8, 4) is 10.6 Å². The Morgan fingerprint density at radius 3 is 2.39 bits per heavy atom. The van der Waals surface area contributed by atoms with Crippen LogP contribution in [0.5, 0.6) is 0 Å². The van der Waals surface area contributed by atoms with Crippen molar-refractivity contribution in [2.75, 3.05) is 24.7 Å². The summed E-state index contributed by atoms with van der Waals surface area (Å²) in [5.41, 5.74) is 3.94. The standard InChI is InChI=1S/C27H27N3O3S3/c1-18-3-12-24-25(17-18)35-27(29-24)20-4-6-21(7-5-20)28-26(31)19-13-15-30(16-14-19)36(32,33)23-10-8-22(34-2)9-11-23/h3-12,17,19H,13-16H2,1-2H3,(H,28,31). The van der Waals surface area contributed by atoms with E-state index < -0.39 is 10.0 Å². The number of amides is 1. The van der Waals surface area contributed by atoms with E-state index in [4.69, 9.17) is 4.98 Å².